The number of hydrogen-bond acceptors (Lipinski definition) is 5. The lowest BCUT2D eigenvalue weighted by molar-refractivity contribution is 0.0995. The van der Waals surface area contributed by atoms with E-state index in [0.717, 1.165) is 38.3 Å². The van der Waals surface area contributed by atoms with Crippen LogP contribution in [-0.2, 0) is 0 Å². The molecule has 4 rings (SSSR count). The number of hydrogen-bond donors (Lipinski definition) is 1. The van der Waals surface area contributed by atoms with E-state index in [1.807, 2.05) is 9.80 Å². The third kappa shape index (κ3) is 2.60. The Labute approximate surface area is 147 Å². The van der Waals surface area contributed by atoms with Crippen LogP contribution in [0, 0.1) is 5.92 Å². The molecule has 1 aromatic rings. The van der Waals surface area contributed by atoms with Gasteiger partial charge in [-0.25, -0.2) is 14.8 Å². The van der Waals surface area contributed by atoms with Gasteiger partial charge in [-0.05, 0) is 32.6 Å². The van der Waals surface area contributed by atoms with Crippen LogP contribution in [0.3, 0.4) is 0 Å². The van der Waals surface area contributed by atoms with Gasteiger partial charge in [-0.1, -0.05) is 0 Å². The largest absolute Gasteiger partial charge is 0.364 e. The number of aromatic nitrogens is 2. The predicted octanol–water partition coefficient (Wildman–Crippen LogP) is 0.689. The molecule has 1 aromatic heterocycles. The van der Waals surface area contributed by atoms with Gasteiger partial charge in [-0.2, -0.15) is 0 Å². The second-order valence-electron chi connectivity index (χ2n) is 7.51. The van der Waals surface area contributed by atoms with E-state index >= 15 is 0 Å². The number of nitrogens with zero attached hydrogens (tertiary/aromatic N) is 5. The van der Waals surface area contributed by atoms with Crippen molar-refractivity contribution < 1.29 is 9.59 Å². The first-order chi connectivity index (χ1) is 12.0. The van der Waals surface area contributed by atoms with Crippen molar-refractivity contribution in [2.24, 2.45) is 11.7 Å². The maximum Gasteiger partial charge on any atom is 0.320 e. The summed E-state index contributed by atoms with van der Waals surface area (Å²) in [5.41, 5.74) is 5.40. The lowest BCUT2D eigenvalue weighted by atomic mass is 10.0. The maximum atomic E-state index is 12.7. The number of rotatable bonds is 4. The Morgan fingerprint density at radius 3 is 2.40 bits per heavy atom. The molecule has 3 heterocycles. The van der Waals surface area contributed by atoms with Gasteiger partial charge in [0.25, 0.3) is 5.91 Å². The summed E-state index contributed by atoms with van der Waals surface area (Å²) in [4.78, 5) is 38.6. The normalized spacial score (nSPS) is 28.5. The number of carbonyl (C=O) groups is 2. The number of anilines is 1. The van der Waals surface area contributed by atoms with Crippen LogP contribution in [0.25, 0.3) is 0 Å². The number of piperidine rings is 1. The lowest BCUT2D eigenvalue weighted by Gasteiger charge is -2.38. The van der Waals surface area contributed by atoms with Crippen molar-refractivity contribution in [3.8, 4) is 0 Å². The standard InChI is InChI=1S/C17H24N6O2/c1-10(2)21-3-4-22(17(21)25)13-5-11-6-14(13)23(9-11)15-8-19-12(7-20-15)16(18)24/h7-8,10-11,13-14H,3-6,9H2,1-2H3,(H2,18,24). The number of primary amides is 1. The van der Waals surface area contributed by atoms with Gasteiger partial charge in [0.05, 0.1) is 24.5 Å². The Morgan fingerprint density at radius 2 is 1.88 bits per heavy atom. The molecule has 3 fully saturated rings. The zero-order valence-electron chi connectivity index (χ0n) is 14.6. The van der Waals surface area contributed by atoms with Crippen LogP contribution < -0.4 is 10.6 Å². The van der Waals surface area contributed by atoms with E-state index in [0.29, 0.717) is 5.92 Å². The Kier molecular flexibility index (Phi) is 3.77. The molecule has 0 radical (unpaired) electrons. The fourth-order valence-electron chi connectivity index (χ4n) is 4.54. The molecule has 2 bridgehead atoms. The first kappa shape index (κ1) is 16.1. The molecule has 3 aliphatic rings. The van der Waals surface area contributed by atoms with Crippen LogP contribution >= 0.6 is 0 Å². The highest BCUT2D eigenvalue weighted by atomic mass is 16.2. The molecule has 8 nitrogen and oxygen atoms in total. The van der Waals surface area contributed by atoms with E-state index in [2.05, 4.69) is 28.7 Å². The molecule has 2 N–H and O–H groups in total. The van der Waals surface area contributed by atoms with Crippen molar-refractivity contribution in [2.45, 2.75) is 44.8 Å². The summed E-state index contributed by atoms with van der Waals surface area (Å²) in [7, 11) is 0. The topological polar surface area (TPSA) is 95.7 Å². The minimum absolute atomic E-state index is 0.155. The van der Waals surface area contributed by atoms with Gasteiger partial charge >= 0.3 is 6.03 Å². The second kappa shape index (κ2) is 5.86. The third-order valence-electron chi connectivity index (χ3n) is 5.73. The van der Waals surface area contributed by atoms with Crippen molar-refractivity contribution in [2.75, 3.05) is 24.5 Å². The van der Waals surface area contributed by atoms with Crippen LogP contribution in [0.1, 0.15) is 37.2 Å². The number of urea groups is 1. The minimum Gasteiger partial charge on any atom is -0.364 e. The average molecular weight is 344 g/mol. The van der Waals surface area contributed by atoms with Gasteiger partial charge in [-0.15, -0.1) is 0 Å². The maximum absolute atomic E-state index is 12.7. The Bertz CT molecular complexity index is 691. The molecular formula is C17H24N6O2. The molecule has 3 atom stereocenters. The highest BCUT2D eigenvalue weighted by Gasteiger charge is 2.50. The summed E-state index contributed by atoms with van der Waals surface area (Å²) in [6, 6.07) is 0.893. The molecule has 8 heteroatoms. The van der Waals surface area contributed by atoms with Crippen LogP contribution in [-0.4, -0.2) is 69.5 Å². The number of amides is 3. The zero-order chi connectivity index (χ0) is 17.7. The van der Waals surface area contributed by atoms with Gasteiger partial charge in [0, 0.05) is 25.7 Å². The fraction of sp³-hybridized carbons (Fsp3) is 0.647. The molecule has 3 unspecified atom stereocenters. The van der Waals surface area contributed by atoms with Gasteiger partial charge in [-0.3, -0.25) is 4.79 Å². The van der Waals surface area contributed by atoms with Crippen molar-refractivity contribution in [3.63, 3.8) is 0 Å². The summed E-state index contributed by atoms with van der Waals surface area (Å²) in [5.74, 6) is 0.763. The van der Waals surface area contributed by atoms with Crippen molar-refractivity contribution in [1.29, 1.82) is 0 Å². The number of carbonyl (C=O) groups excluding carboxylic acids is 2. The summed E-state index contributed by atoms with van der Waals surface area (Å²) in [5, 5.41) is 0. The first-order valence-corrected chi connectivity index (χ1v) is 8.91. The monoisotopic (exact) mass is 344 g/mol. The van der Waals surface area contributed by atoms with Crippen LogP contribution in [0.15, 0.2) is 12.4 Å². The van der Waals surface area contributed by atoms with Crippen molar-refractivity contribution in [3.05, 3.63) is 18.1 Å². The number of fused-ring (bicyclic) bond motifs is 2. The molecule has 0 spiro atoms. The molecule has 25 heavy (non-hydrogen) atoms. The SMILES string of the molecule is CC(C)N1CCN(C2CC3CC2N(c2cnc(C(N)=O)cn2)C3)C1=O. The van der Waals surface area contributed by atoms with Crippen LogP contribution in [0.4, 0.5) is 10.6 Å². The van der Waals surface area contributed by atoms with E-state index in [4.69, 9.17) is 5.73 Å². The van der Waals surface area contributed by atoms with E-state index in [9.17, 15) is 9.59 Å². The Balaban J connectivity index is 1.52. The van der Waals surface area contributed by atoms with E-state index < -0.39 is 5.91 Å². The lowest BCUT2D eigenvalue weighted by Crippen LogP contribution is -2.52. The number of nitrogens with two attached hydrogens (primary N) is 1. The van der Waals surface area contributed by atoms with Crippen molar-refractivity contribution >= 4 is 17.8 Å². The highest BCUT2D eigenvalue weighted by molar-refractivity contribution is 5.90. The summed E-state index contributed by atoms with van der Waals surface area (Å²) >= 11 is 0. The molecule has 2 saturated heterocycles. The van der Waals surface area contributed by atoms with Crippen LogP contribution in [0.2, 0.25) is 0 Å². The summed E-state index contributed by atoms with van der Waals surface area (Å²) in [6.07, 6.45) is 5.19. The summed E-state index contributed by atoms with van der Waals surface area (Å²) < 4.78 is 0. The molecule has 1 aliphatic carbocycles. The average Bonchev–Trinajstić information content (AvgIpc) is 3.28. The molecule has 134 valence electrons. The molecule has 1 saturated carbocycles. The van der Waals surface area contributed by atoms with Gasteiger partial charge in [0.15, 0.2) is 0 Å². The van der Waals surface area contributed by atoms with E-state index in [1.54, 1.807) is 6.20 Å². The molecule has 2 aliphatic heterocycles. The second-order valence-corrected chi connectivity index (χ2v) is 7.51. The Hall–Kier alpha value is -2.38. The highest BCUT2D eigenvalue weighted by Crippen LogP contribution is 2.42. The smallest absolute Gasteiger partial charge is 0.320 e. The van der Waals surface area contributed by atoms with Gasteiger partial charge < -0.3 is 20.4 Å². The van der Waals surface area contributed by atoms with Gasteiger partial charge in [0.1, 0.15) is 11.5 Å². The third-order valence-corrected chi connectivity index (χ3v) is 5.73. The van der Waals surface area contributed by atoms with Gasteiger partial charge in [0.2, 0.25) is 0 Å². The first-order valence-electron chi connectivity index (χ1n) is 8.91. The van der Waals surface area contributed by atoms with Crippen LogP contribution in [0.5, 0.6) is 0 Å². The van der Waals surface area contributed by atoms with E-state index in [1.165, 1.54) is 6.20 Å². The zero-order valence-corrected chi connectivity index (χ0v) is 14.6. The molecule has 3 amide bonds. The summed E-state index contributed by atoms with van der Waals surface area (Å²) in [6.45, 7) is 6.65. The fourth-order valence-corrected chi connectivity index (χ4v) is 4.54. The Morgan fingerprint density at radius 1 is 1.16 bits per heavy atom. The predicted molar refractivity (Wildman–Crippen MR) is 92.1 cm³/mol. The van der Waals surface area contributed by atoms with E-state index in [-0.39, 0.29) is 29.9 Å². The quantitative estimate of drug-likeness (QED) is 0.867. The van der Waals surface area contributed by atoms with Crippen molar-refractivity contribution in [1.82, 2.24) is 19.8 Å². The molecule has 0 aromatic carbocycles. The molecular weight excluding hydrogens is 320 g/mol. The minimum atomic E-state index is -0.573.